The second-order valence-corrected chi connectivity index (χ2v) is 2.87. The molecule has 2 aromatic heterocycles. The summed E-state index contributed by atoms with van der Waals surface area (Å²) in [5, 5.41) is 4.31. The van der Waals surface area contributed by atoms with Crippen molar-refractivity contribution in [2.45, 2.75) is 0 Å². The first kappa shape index (κ1) is 6.95. The number of aromatic nitrogens is 4. The van der Waals surface area contributed by atoms with Gasteiger partial charge in [-0.1, -0.05) is 11.6 Å². The first-order chi connectivity index (χ1) is 5.27. The summed E-state index contributed by atoms with van der Waals surface area (Å²) in [7, 11) is 2.40. The summed E-state index contributed by atoms with van der Waals surface area (Å²) in [6, 6.07) is 0. The van der Waals surface area contributed by atoms with Crippen LogP contribution in [0.25, 0.3) is 11.2 Å². The van der Waals surface area contributed by atoms with Gasteiger partial charge in [0, 0.05) is 0 Å². The smallest absolute Gasteiger partial charge is 0.181 e. The van der Waals surface area contributed by atoms with E-state index < -0.39 is 0 Å². The van der Waals surface area contributed by atoms with E-state index in [0.29, 0.717) is 10.8 Å². The van der Waals surface area contributed by atoms with Crippen molar-refractivity contribution in [3.63, 3.8) is 0 Å². The van der Waals surface area contributed by atoms with Gasteiger partial charge in [0.1, 0.15) is 10.7 Å². The van der Waals surface area contributed by atoms with Gasteiger partial charge in [0.15, 0.2) is 5.65 Å². The van der Waals surface area contributed by atoms with E-state index in [-0.39, 0.29) is 0 Å². The standard InChI is InChI=1S/C5H4ClN4P/c6-4-2-7-3-1-8-10(11)5(3)9-4/h1-2H,11H2. The highest BCUT2D eigenvalue weighted by molar-refractivity contribution is 7.14. The summed E-state index contributed by atoms with van der Waals surface area (Å²) in [6.07, 6.45) is 3.13. The third kappa shape index (κ3) is 1.08. The Morgan fingerprint density at radius 1 is 1.45 bits per heavy atom. The average molecular weight is 187 g/mol. The Kier molecular flexibility index (Phi) is 1.51. The molecule has 0 fully saturated rings. The lowest BCUT2D eigenvalue weighted by Crippen LogP contribution is -1.85. The first-order valence-corrected chi connectivity index (χ1v) is 3.78. The molecule has 0 aromatic carbocycles. The van der Waals surface area contributed by atoms with Crippen LogP contribution in [0.5, 0.6) is 0 Å². The summed E-state index contributed by atoms with van der Waals surface area (Å²) in [4.78, 5) is 8.03. The second kappa shape index (κ2) is 2.40. The van der Waals surface area contributed by atoms with Crippen molar-refractivity contribution in [2.75, 3.05) is 0 Å². The second-order valence-electron chi connectivity index (χ2n) is 1.99. The van der Waals surface area contributed by atoms with Crippen LogP contribution in [-0.2, 0) is 0 Å². The van der Waals surface area contributed by atoms with Crippen molar-refractivity contribution in [2.24, 2.45) is 0 Å². The number of nitrogens with zero attached hydrogens (tertiary/aromatic N) is 4. The predicted octanol–water partition coefficient (Wildman–Crippen LogP) is 1.12. The van der Waals surface area contributed by atoms with Gasteiger partial charge in [-0.3, -0.25) is 0 Å². The zero-order valence-corrected chi connectivity index (χ0v) is 7.31. The molecule has 0 spiro atoms. The van der Waals surface area contributed by atoms with Crippen molar-refractivity contribution in [3.8, 4) is 0 Å². The highest BCUT2D eigenvalue weighted by Gasteiger charge is 2.01. The van der Waals surface area contributed by atoms with E-state index in [9.17, 15) is 0 Å². The van der Waals surface area contributed by atoms with Crippen molar-refractivity contribution < 1.29 is 0 Å². The lowest BCUT2D eigenvalue weighted by Gasteiger charge is -1.91. The maximum absolute atomic E-state index is 5.62. The molecule has 6 heteroatoms. The molecule has 2 rings (SSSR count). The molecule has 1 atom stereocenters. The highest BCUT2D eigenvalue weighted by Crippen LogP contribution is 2.12. The molecule has 0 N–H and O–H groups in total. The van der Waals surface area contributed by atoms with E-state index >= 15 is 0 Å². The Hall–Kier alpha value is -0.730. The Bertz CT molecular complexity index is 398. The molecule has 0 bridgehead atoms. The van der Waals surface area contributed by atoms with Gasteiger partial charge in [0.2, 0.25) is 0 Å². The quantitative estimate of drug-likeness (QED) is 0.579. The third-order valence-electron chi connectivity index (χ3n) is 1.27. The molecule has 0 aliphatic carbocycles. The minimum absolute atomic E-state index is 0.377. The van der Waals surface area contributed by atoms with Crippen LogP contribution in [0, 0.1) is 0 Å². The first-order valence-electron chi connectivity index (χ1n) is 2.89. The SMILES string of the molecule is Pn1ncc2ncc(Cl)nc21. The van der Waals surface area contributed by atoms with Crippen LogP contribution < -0.4 is 0 Å². The van der Waals surface area contributed by atoms with Crippen LogP contribution in [0.1, 0.15) is 0 Å². The van der Waals surface area contributed by atoms with Crippen LogP contribution in [-0.4, -0.2) is 19.5 Å². The molecular weight excluding hydrogens is 183 g/mol. The maximum atomic E-state index is 5.62. The minimum atomic E-state index is 0.377. The molecular formula is C5H4ClN4P. The summed E-state index contributed by atoms with van der Waals surface area (Å²) in [5.41, 5.74) is 1.41. The summed E-state index contributed by atoms with van der Waals surface area (Å²) < 4.78 is 1.55. The van der Waals surface area contributed by atoms with Crippen molar-refractivity contribution in [1.82, 2.24) is 19.5 Å². The Balaban J connectivity index is 2.87. The lowest BCUT2D eigenvalue weighted by atomic mass is 10.6. The minimum Gasteiger partial charge on any atom is -0.248 e. The fourth-order valence-corrected chi connectivity index (χ4v) is 1.18. The number of halogens is 1. The Morgan fingerprint density at radius 3 is 3.09 bits per heavy atom. The van der Waals surface area contributed by atoms with Crippen LogP contribution >= 0.6 is 21.0 Å². The van der Waals surface area contributed by atoms with E-state index in [0.717, 1.165) is 5.52 Å². The molecule has 2 aromatic rings. The van der Waals surface area contributed by atoms with E-state index in [1.807, 2.05) is 0 Å². The highest BCUT2D eigenvalue weighted by atomic mass is 35.5. The maximum Gasteiger partial charge on any atom is 0.181 e. The molecule has 0 radical (unpaired) electrons. The summed E-state index contributed by atoms with van der Waals surface area (Å²) in [5.74, 6) is 0. The number of rotatable bonds is 0. The fourth-order valence-electron chi connectivity index (χ4n) is 0.799. The Labute approximate surface area is 69.8 Å². The van der Waals surface area contributed by atoms with Gasteiger partial charge in [-0.2, -0.15) is 5.10 Å². The lowest BCUT2D eigenvalue weighted by molar-refractivity contribution is 1.02. The largest absolute Gasteiger partial charge is 0.248 e. The topological polar surface area (TPSA) is 43.6 Å². The monoisotopic (exact) mass is 186 g/mol. The van der Waals surface area contributed by atoms with E-state index in [1.54, 1.807) is 10.6 Å². The molecule has 0 aliphatic rings. The van der Waals surface area contributed by atoms with Gasteiger partial charge in [0.05, 0.1) is 12.4 Å². The van der Waals surface area contributed by atoms with Crippen LogP contribution in [0.4, 0.5) is 0 Å². The molecule has 2 heterocycles. The van der Waals surface area contributed by atoms with E-state index in [4.69, 9.17) is 11.6 Å². The van der Waals surface area contributed by atoms with Gasteiger partial charge in [-0.05, 0) is 9.39 Å². The normalized spacial score (nSPS) is 10.7. The molecule has 0 saturated carbocycles. The number of fused-ring (bicyclic) bond motifs is 1. The zero-order valence-electron chi connectivity index (χ0n) is 5.40. The average Bonchev–Trinajstić information content (AvgIpc) is 2.33. The van der Waals surface area contributed by atoms with Crippen LogP contribution in [0.3, 0.4) is 0 Å². The van der Waals surface area contributed by atoms with Crippen LogP contribution in [0.15, 0.2) is 12.4 Å². The van der Waals surface area contributed by atoms with E-state index in [1.165, 1.54) is 6.20 Å². The molecule has 0 amide bonds. The molecule has 4 nitrogen and oxygen atoms in total. The molecule has 11 heavy (non-hydrogen) atoms. The zero-order chi connectivity index (χ0) is 7.84. The van der Waals surface area contributed by atoms with Gasteiger partial charge in [-0.25, -0.2) is 14.4 Å². The summed E-state index contributed by atoms with van der Waals surface area (Å²) in [6.45, 7) is 0. The molecule has 1 unspecified atom stereocenters. The van der Waals surface area contributed by atoms with Crippen molar-refractivity contribution >= 4 is 32.2 Å². The predicted molar refractivity (Wildman–Crippen MR) is 45.4 cm³/mol. The van der Waals surface area contributed by atoms with E-state index in [2.05, 4.69) is 24.5 Å². The van der Waals surface area contributed by atoms with Crippen molar-refractivity contribution in [1.29, 1.82) is 0 Å². The molecule has 56 valence electrons. The number of hydrogen-bond acceptors (Lipinski definition) is 3. The van der Waals surface area contributed by atoms with Gasteiger partial charge in [-0.15, -0.1) is 0 Å². The van der Waals surface area contributed by atoms with Gasteiger partial charge < -0.3 is 0 Å². The molecule has 0 saturated heterocycles. The third-order valence-corrected chi connectivity index (χ3v) is 1.83. The van der Waals surface area contributed by atoms with Gasteiger partial charge >= 0.3 is 0 Å². The number of hydrogen-bond donors (Lipinski definition) is 0. The Morgan fingerprint density at radius 2 is 2.27 bits per heavy atom. The molecule has 0 aliphatic heterocycles. The fraction of sp³-hybridized carbons (Fsp3) is 0. The summed E-state index contributed by atoms with van der Waals surface area (Å²) >= 11 is 5.62. The van der Waals surface area contributed by atoms with Crippen LogP contribution in [0.2, 0.25) is 5.15 Å². The van der Waals surface area contributed by atoms with Gasteiger partial charge in [0.25, 0.3) is 0 Å². The van der Waals surface area contributed by atoms with Crippen molar-refractivity contribution in [3.05, 3.63) is 17.5 Å².